The Morgan fingerprint density at radius 3 is 2.39 bits per heavy atom. The molecule has 3 N–H and O–H groups in total. The van der Waals surface area contributed by atoms with Crippen molar-refractivity contribution in [2.24, 2.45) is 0 Å². The van der Waals surface area contributed by atoms with Crippen LogP contribution in [-0.2, 0) is 25.7 Å². The van der Waals surface area contributed by atoms with Crippen molar-refractivity contribution in [1.29, 1.82) is 0 Å². The standard InChI is InChI=1S/C25H32N4O5.C3H8S/c1-2-22(30)26-13-24(32)29-12-6-10-20(29)16-28(17-23(31)27-14-25(33)34)15-19-9-5-8-18-7-3-4-11-21(18)19;1-3-4-2/h3-5,7-9,11,20H,2,6,10,12-17H2,1H3,(H,26,30)(H,27,31)(H,33,34);3H2,1-2H3/t20-;/m0./s1. The van der Waals surface area contributed by atoms with Crippen molar-refractivity contribution < 1.29 is 24.3 Å². The second-order valence-corrected chi connectivity index (χ2v) is 10.2. The molecule has 9 nitrogen and oxygen atoms in total. The van der Waals surface area contributed by atoms with Crippen molar-refractivity contribution in [2.45, 2.75) is 45.7 Å². The summed E-state index contributed by atoms with van der Waals surface area (Å²) in [5.74, 6) is -0.550. The molecule has 0 saturated carbocycles. The van der Waals surface area contributed by atoms with E-state index in [1.54, 1.807) is 11.8 Å². The van der Waals surface area contributed by atoms with Gasteiger partial charge in [0, 0.05) is 32.1 Å². The fourth-order valence-electron chi connectivity index (χ4n) is 4.34. The number of hydrogen-bond donors (Lipinski definition) is 3. The number of fused-ring (bicyclic) bond motifs is 1. The normalized spacial score (nSPS) is 14.6. The number of benzene rings is 2. The highest BCUT2D eigenvalue weighted by Gasteiger charge is 2.30. The van der Waals surface area contributed by atoms with Crippen LogP contribution in [0.3, 0.4) is 0 Å². The summed E-state index contributed by atoms with van der Waals surface area (Å²) in [5.41, 5.74) is 1.05. The predicted molar refractivity (Wildman–Crippen MR) is 152 cm³/mol. The largest absolute Gasteiger partial charge is 0.480 e. The van der Waals surface area contributed by atoms with Crippen molar-refractivity contribution in [3.63, 3.8) is 0 Å². The molecule has 1 heterocycles. The maximum Gasteiger partial charge on any atom is 0.322 e. The number of aliphatic carboxylic acids is 1. The van der Waals surface area contributed by atoms with Gasteiger partial charge in [-0.2, -0.15) is 11.8 Å². The molecular formula is C28H40N4O5S. The summed E-state index contributed by atoms with van der Waals surface area (Å²) in [7, 11) is 0. The summed E-state index contributed by atoms with van der Waals surface area (Å²) in [6, 6.07) is 13.9. The van der Waals surface area contributed by atoms with Gasteiger partial charge in [0.1, 0.15) is 6.54 Å². The zero-order chi connectivity index (χ0) is 27.9. The van der Waals surface area contributed by atoms with E-state index in [-0.39, 0.29) is 36.9 Å². The predicted octanol–water partition coefficient (Wildman–Crippen LogP) is 2.73. The molecule has 0 bridgehead atoms. The van der Waals surface area contributed by atoms with E-state index in [1.807, 2.05) is 59.1 Å². The molecule has 1 saturated heterocycles. The first-order chi connectivity index (χ1) is 18.3. The van der Waals surface area contributed by atoms with Crippen LogP contribution >= 0.6 is 11.8 Å². The Bertz CT molecular complexity index is 1070. The first kappa shape index (κ1) is 31.1. The fourth-order valence-corrected chi connectivity index (χ4v) is 4.34. The van der Waals surface area contributed by atoms with Gasteiger partial charge in [-0.25, -0.2) is 0 Å². The minimum absolute atomic E-state index is 0.0155. The van der Waals surface area contributed by atoms with Gasteiger partial charge in [-0.3, -0.25) is 24.1 Å². The number of hydrogen-bond acceptors (Lipinski definition) is 6. The smallest absolute Gasteiger partial charge is 0.322 e. The average Bonchev–Trinajstić information content (AvgIpc) is 3.38. The lowest BCUT2D eigenvalue weighted by Gasteiger charge is -2.31. The molecule has 0 aliphatic carbocycles. The van der Waals surface area contributed by atoms with E-state index in [0.717, 1.165) is 29.2 Å². The van der Waals surface area contributed by atoms with Crippen LogP contribution in [0.2, 0.25) is 0 Å². The third-order valence-electron chi connectivity index (χ3n) is 6.29. The number of nitrogens with one attached hydrogen (secondary N) is 2. The van der Waals surface area contributed by atoms with E-state index in [4.69, 9.17) is 5.11 Å². The molecule has 2 aromatic rings. The van der Waals surface area contributed by atoms with Crippen LogP contribution in [0, 0.1) is 0 Å². The molecule has 2 aromatic carbocycles. The first-order valence-electron chi connectivity index (χ1n) is 13.0. The second-order valence-electron chi connectivity index (χ2n) is 9.07. The number of amides is 3. The van der Waals surface area contributed by atoms with E-state index in [1.165, 1.54) is 5.75 Å². The third-order valence-corrected chi connectivity index (χ3v) is 6.87. The van der Waals surface area contributed by atoms with Crippen molar-refractivity contribution in [3.8, 4) is 0 Å². The molecule has 0 unspecified atom stereocenters. The summed E-state index contributed by atoms with van der Waals surface area (Å²) < 4.78 is 0. The van der Waals surface area contributed by atoms with Crippen LogP contribution in [0.15, 0.2) is 42.5 Å². The molecule has 1 atom stereocenters. The van der Waals surface area contributed by atoms with Gasteiger partial charge >= 0.3 is 5.97 Å². The van der Waals surface area contributed by atoms with Crippen molar-refractivity contribution in [2.75, 3.05) is 44.7 Å². The van der Waals surface area contributed by atoms with Gasteiger partial charge in [-0.15, -0.1) is 0 Å². The number of carbonyl (C=O) groups is 4. The Labute approximate surface area is 229 Å². The maximum atomic E-state index is 12.7. The Hall–Kier alpha value is -3.11. The van der Waals surface area contributed by atoms with Gasteiger partial charge in [0.2, 0.25) is 17.7 Å². The molecule has 1 fully saturated rings. The van der Waals surface area contributed by atoms with E-state index >= 15 is 0 Å². The van der Waals surface area contributed by atoms with Gasteiger partial charge < -0.3 is 20.6 Å². The van der Waals surface area contributed by atoms with Crippen LogP contribution in [0.4, 0.5) is 0 Å². The molecule has 208 valence electrons. The summed E-state index contributed by atoms with van der Waals surface area (Å²) in [6.45, 7) is 4.98. The third kappa shape index (κ3) is 10.3. The van der Waals surface area contributed by atoms with Crippen LogP contribution in [-0.4, -0.2) is 89.4 Å². The number of thioether (sulfide) groups is 1. The Balaban J connectivity index is 0.00000118. The zero-order valence-corrected chi connectivity index (χ0v) is 23.4. The number of carbonyl (C=O) groups excluding carboxylic acids is 3. The van der Waals surface area contributed by atoms with Gasteiger partial charge in [0.25, 0.3) is 0 Å². The quantitative estimate of drug-likeness (QED) is 0.376. The van der Waals surface area contributed by atoms with E-state index in [0.29, 0.717) is 26.1 Å². The molecule has 3 amide bonds. The maximum absolute atomic E-state index is 12.7. The zero-order valence-electron chi connectivity index (χ0n) is 22.6. The average molecular weight is 545 g/mol. The van der Waals surface area contributed by atoms with E-state index in [2.05, 4.69) is 23.8 Å². The van der Waals surface area contributed by atoms with E-state index in [9.17, 15) is 19.2 Å². The highest BCUT2D eigenvalue weighted by Crippen LogP contribution is 2.23. The molecule has 0 radical (unpaired) electrons. The van der Waals surface area contributed by atoms with Crippen LogP contribution in [0.25, 0.3) is 10.8 Å². The van der Waals surface area contributed by atoms with Crippen LogP contribution < -0.4 is 10.6 Å². The molecular weight excluding hydrogens is 504 g/mol. The highest BCUT2D eigenvalue weighted by molar-refractivity contribution is 7.98. The molecule has 1 aliphatic rings. The van der Waals surface area contributed by atoms with Crippen molar-refractivity contribution in [1.82, 2.24) is 20.4 Å². The lowest BCUT2D eigenvalue weighted by atomic mass is 10.0. The molecule has 0 aromatic heterocycles. The Kier molecular flexibility index (Phi) is 13.7. The highest BCUT2D eigenvalue weighted by atomic mass is 32.2. The molecule has 0 spiro atoms. The van der Waals surface area contributed by atoms with E-state index < -0.39 is 12.5 Å². The summed E-state index contributed by atoms with van der Waals surface area (Å²) in [4.78, 5) is 51.4. The lowest BCUT2D eigenvalue weighted by molar-refractivity contribution is -0.138. The summed E-state index contributed by atoms with van der Waals surface area (Å²) in [5, 5.41) is 16.1. The van der Waals surface area contributed by atoms with Crippen molar-refractivity contribution >= 4 is 46.2 Å². The minimum Gasteiger partial charge on any atom is -0.480 e. The number of rotatable bonds is 12. The molecule has 3 rings (SSSR count). The van der Waals surface area contributed by atoms with Gasteiger partial charge in [0.05, 0.1) is 13.1 Å². The fraction of sp³-hybridized carbons (Fsp3) is 0.500. The van der Waals surface area contributed by atoms with Crippen LogP contribution in [0.1, 0.15) is 38.7 Å². The Morgan fingerprint density at radius 2 is 1.71 bits per heavy atom. The number of carboxylic acids is 1. The monoisotopic (exact) mass is 544 g/mol. The second kappa shape index (κ2) is 16.7. The summed E-state index contributed by atoms with van der Waals surface area (Å²) >= 11 is 1.86. The van der Waals surface area contributed by atoms with Crippen LogP contribution in [0.5, 0.6) is 0 Å². The van der Waals surface area contributed by atoms with Gasteiger partial charge in [-0.1, -0.05) is 56.3 Å². The van der Waals surface area contributed by atoms with Crippen molar-refractivity contribution in [3.05, 3.63) is 48.0 Å². The molecule has 10 heteroatoms. The summed E-state index contributed by atoms with van der Waals surface area (Å²) in [6.07, 6.45) is 4.07. The number of nitrogens with zero attached hydrogens (tertiary/aromatic N) is 2. The lowest BCUT2D eigenvalue weighted by Crippen LogP contribution is -2.48. The molecule has 38 heavy (non-hydrogen) atoms. The Morgan fingerprint density at radius 1 is 1.03 bits per heavy atom. The number of likely N-dealkylation sites (tertiary alicyclic amines) is 1. The SMILES string of the molecule is CCC(=O)NCC(=O)N1CCC[C@H]1CN(CC(=O)NCC(=O)O)Cc1cccc2ccccc12.CCSC. The van der Waals surface area contributed by atoms with Gasteiger partial charge in [-0.05, 0) is 41.2 Å². The minimum atomic E-state index is -1.10. The van der Waals surface area contributed by atoms with Gasteiger partial charge in [0.15, 0.2) is 0 Å². The number of carboxylic acid groups (broad SMARTS) is 1. The molecule has 1 aliphatic heterocycles. The topological polar surface area (TPSA) is 119 Å². The first-order valence-corrected chi connectivity index (χ1v) is 14.4.